The summed E-state index contributed by atoms with van der Waals surface area (Å²) in [5, 5.41) is 10.7. The van der Waals surface area contributed by atoms with Gasteiger partial charge in [-0.3, -0.25) is 9.59 Å². The van der Waals surface area contributed by atoms with Gasteiger partial charge >= 0.3 is 5.97 Å². The molecule has 0 aromatic heterocycles. The zero-order chi connectivity index (χ0) is 9.40. The lowest BCUT2D eigenvalue weighted by Crippen LogP contribution is -2.13. The number of allylic oxidation sites excluding steroid dienone is 1. The molecule has 0 saturated carbocycles. The van der Waals surface area contributed by atoms with Crippen molar-refractivity contribution >= 4 is 11.9 Å². The van der Waals surface area contributed by atoms with E-state index >= 15 is 0 Å². The largest absolute Gasteiger partial charge is 0.481 e. The number of nitrogens with one attached hydrogen (secondary N) is 1. The normalized spacial score (nSPS) is 10.1. The van der Waals surface area contributed by atoms with Crippen LogP contribution in [0.2, 0.25) is 0 Å². The van der Waals surface area contributed by atoms with E-state index in [0.29, 0.717) is 12.8 Å². The Labute approximate surface area is 71.3 Å². The summed E-state index contributed by atoms with van der Waals surface area (Å²) in [4.78, 5) is 20.6. The molecule has 0 aromatic carbocycles. The Morgan fingerprint density at radius 3 is 2.67 bits per heavy atom. The van der Waals surface area contributed by atoms with E-state index in [-0.39, 0.29) is 12.3 Å². The lowest BCUT2D eigenvalue weighted by Gasteiger charge is -1.91. The van der Waals surface area contributed by atoms with Gasteiger partial charge in [0.05, 0.1) is 0 Å². The predicted octanol–water partition coefficient (Wildman–Crippen LogP) is 0.544. The van der Waals surface area contributed by atoms with Gasteiger partial charge in [0.1, 0.15) is 0 Å². The maximum Gasteiger partial charge on any atom is 0.303 e. The number of carbonyl (C=O) groups excluding carboxylic acids is 1. The standard InChI is InChI=1S/C8H13NO3/c1-9-7(10)5-3-2-4-6-8(11)12/h3,5H,2,4,6H2,1H3,(H,9,10)(H,11,12)/b5-3+. The van der Waals surface area contributed by atoms with Crippen molar-refractivity contribution in [2.75, 3.05) is 7.05 Å². The molecule has 0 bridgehead atoms. The van der Waals surface area contributed by atoms with Gasteiger partial charge in [-0.25, -0.2) is 0 Å². The number of carbonyl (C=O) groups is 2. The molecule has 0 aliphatic rings. The van der Waals surface area contributed by atoms with E-state index in [1.165, 1.54) is 6.08 Å². The number of likely N-dealkylation sites (N-methyl/N-ethyl adjacent to an activating group) is 1. The first-order valence-corrected chi connectivity index (χ1v) is 3.77. The fourth-order valence-electron chi connectivity index (χ4n) is 0.645. The topological polar surface area (TPSA) is 66.4 Å². The van der Waals surface area contributed by atoms with E-state index in [1.54, 1.807) is 13.1 Å². The minimum absolute atomic E-state index is 0.151. The van der Waals surface area contributed by atoms with Crippen molar-refractivity contribution in [1.82, 2.24) is 5.32 Å². The van der Waals surface area contributed by atoms with Crippen molar-refractivity contribution in [2.45, 2.75) is 19.3 Å². The summed E-state index contributed by atoms with van der Waals surface area (Å²) in [6.45, 7) is 0. The van der Waals surface area contributed by atoms with E-state index < -0.39 is 5.97 Å². The minimum Gasteiger partial charge on any atom is -0.481 e. The average molecular weight is 171 g/mol. The fraction of sp³-hybridized carbons (Fsp3) is 0.500. The Bertz CT molecular complexity index is 187. The van der Waals surface area contributed by atoms with Gasteiger partial charge in [-0.05, 0) is 18.9 Å². The first kappa shape index (κ1) is 10.7. The number of carboxylic acid groups (broad SMARTS) is 1. The molecule has 0 heterocycles. The number of amides is 1. The van der Waals surface area contributed by atoms with Crippen LogP contribution in [0, 0.1) is 0 Å². The molecule has 0 saturated heterocycles. The van der Waals surface area contributed by atoms with Crippen LogP contribution in [0.1, 0.15) is 19.3 Å². The molecule has 0 fully saturated rings. The van der Waals surface area contributed by atoms with Crippen LogP contribution in [0.3, 0.4) is 0 Å². The number of hydrogen-bond donors (Lipinski definition) is 2. The summed E-state index contributed by atoms with van der Waals surface area (Å²) < 4.78 is 0. The van der Waals surface area contributed by atoms with E-state index in [9.17, 15) is 9.59 Å². The summed E-state index contributed by atoms with van der Waals surface area (Å²) in [6.07, 6.45) is 4.42. The van der Waals surface area contributed by atoms with Gasteiger partial charge in [-0.1, -0.05) is 6.08 Å². The SMILES string of the molecule is CNC(=O)/C=C/CCCC(=O)O. The van der Waals surface area contributed by atoms with Crippen molar-refractivity contribution in [3.8, 4) is 0 Å². The van der Waals surface area contributed by atoms with Gasteiger partial charge in [0.25, 0.3) is 0 Å². The third kappa shape index (κ3) is 6.80. The molecule has 0 rings (SSSR count). The lowest BCUT2D eigenvalue weighted by molar-refractivity contribution is -0.137. The highest BCUT2D eigenvalue weighted by Gasteiger charge is 1.93. The molecule has 1 amide bonds. The summed E-state index contributed by atoms with van der Waals surface area (Å²) in [5.74, 6) is -0.964. The second-order valence-corrected chi connectivity index (χ2v) is 2.30. The van der Waals surface area contributed by atoms with Crippen LogP contribution >= 0.6 is 0 Å². The summed E-state index contributed by atoms with van der Waals surface area (Å²) in [6, 6.07) is 0. The molecule has 0 aromatic rings. The van der Waals surface area contributed by atoms with E-state index in [0.717, 1.165) is 0 Å². The molecule has 0 spiro atoms. The third-order valence-corrected chi connectivity index (χ3v) is 1.28. The van der Waals surface area contributed by atoms with Gasteiger partial charge in [0, 0.05) is 13.5 Å². The Balaban J connectivity index is 3.36. The molecule has 0 atom stereocenters. The van der Waals surface area contributed by atoms with E-state index in [4.69, 9.17) is 5.11 Å². The lowest BCUT2D eigenvalue weighted by atomic mass is 10.2. The molecule has 68 valence electrons. The summed E-state index contributed by atoms with van der Waals surface area (Å²) in [5.41, 5.74) is 0. The van der Waals surface area contributed by atoms with Crippen molar-refractivity contribution in [3.63, 3.8) is 0 Å². The molecule has 0 aliphatic carbocycles. The average Bonchev–Trinajstić information content (AvgIpc) is 2.03. The maximum atomic E-state index is 10.6. The van der Waals surface area contributed by atoms with E-state index in [2.05, 4.69) is 5.32 Å². The second-order valence-electron chi connectivity index (χ2n) is 2.30. The van der Waals surface area contributed by atoms with Crippen molar-refractivity contribution < 1.29 is 14.7 Å². The molecule has 0 aliphatic heterocycles. The second kappa shape index (κ2) is 6.39. The van der Waals surface area contributed by atoms with Gasteiger partial charge < -0.3 is 10.4 Å². The maximum absolute atomic E-state index is 10.6. The number of unbranched alkanes of at least 4 members (excludes halogenated alkanes) is 1. The Morgan fingerprint density at radius 1 is 1.50 bits per heavy atom. The van der Waals surface area contributed by atoms with Crippen molar-refractivity contribution in [3.05, 3.63) is 12.2 Å². The zero-order valence-corrected chi connectivity index (χ0v) is 7.04. The Kier molecular flexibility index (Phi) is 5.69. The number of hydrogen-bond acceptors (Lipinski definition) is 2. The highest BCUT2D eigenvalue weighted by Crippen LogP contribution is 1.95. The van der Waals surface area contributed by atoms with Crippen LogP contribution in [0.4, 0.5) is 0 Å². The number of aliphatic carboxylic acids is 1. The van der Waals surface area contributed by atoms with Crippen molar-refractivity contribution in [1.29, 1.82) is 0 Å². The quantitative estimate of drug-likeness (QED) is 0.468. The predicted molar refractivity (Wildman–Crippen MR) is 44.7 cm³/mol. The first-order chi connectivity index (χ1) is 5.66. The molecule has 12 heavy (non-hydrogen) atoms. The Morgan fingerprint density at radius 2 is 2.17 bits per heavy atom. The fourth-order valence-corrected chi connectivity index (χ4v) is 0.645. The number of rotatable bonds is 5. The van der Waals surface area contributed by atoms with E-state index in [1.807, 2.05) is 0 Å². The first-order valence-electron chi connectivity index (χ1n) is 3.77. The summed E-state index contributed by atoms with van der Waals surface area (Å²) in [7, 11) is 1.55. The molecule has 4 nitrogen and oxygen atoms in total. The van der Waals surface area contributed by atoms with Gasteiger partial charge in [-0.2, -0.15) is 0 Å². The van der Waals surface area contributed by atoms with Crippen LogP contribution in [-0.2, 0) is 9.59 Å². The highest BCUT2D eigenvalue weighted by molar-refractivity contribution is 5.87. The summed E-state index contributed by atoms with van der Waals surface area (Å²) >= 11 is 0. The molecule has 0 unspecified atom stereocenters. The smallest absolute Gasteiger partial charge is 0.303 e. The molecular weight excluding hydrogens is 158 g/mol. The highest BCUT2D eigenvalue weighted by atomic mass is 16.4. The van der Waals surface area contributed by atoms with Crippen LogP contribution in [0.25, 0.3) is 0 Å². The van der Waals surface area contributed by atoms with Crippen LogP contribution in [0.5, 0.6) is 0 Å². The Hall–Kier alpha value is -1.32. The van der Waals surface area contributed by atoms with Gasteiger partial charge in [0.15, 0.2) is 0 Å². The molecule has 4 heteroatoms. The number of carboxylic acids is 1. The zero-order valence-electron chi connectivity index (χ0n) is 7.04. The van der Waals surface area contributed by atoms with Gasteiger partial charge in [-0.15, -0.1) is 0 Å². The van der Waals surface area contributed by atoms with Crippen LogP contribution < -0.4 is 5.32 Å². The van der Waals surface area contributed by atoms with Crippen molar-refractivity contribution in [2.24, 2.45) is 0 Å². The molecule has 2 N–H and O–H groups in total. The monoisotopic (exact) mass is 171 g/mol. The van der Waals surface area contributed by atoms with Gasteiger partial charge in [0.2, 0.25) is 5.91 Å². The molecule has 0 radical (unpaired) electrons. The van der Waals surface area contributed by atoms with Crippen LogP contribution in [-0.4, -0.2) is 24.0 Å². The minimum atomic E-state index is -0.802. The molecular formula is C8H13NO3. The van der Waals surface area contributed by atoms with Crippen LogP contribution in [0.15, 0.2) is 12.2 Å². The third-order valence-electron chi connectivity index (χ3n) is 1.28.